The SMILES string of the molecule is COC(=O)c1ccc(/C=C2\C(=O)C(Br)=C[C@@]2(O)[C@H](O)COCc2ccccc2)cc1. The maximum Gasteiger partial charge on any atom is 0.337 e. The fraction of sp³-hybridized carbons (Fsp3) is 0.217. The van der Waals surface area contributed by atoms with Crippen LogP contribution in [0.2, 0.25) is 0 Å². The number of Topliss-reactive ketones (excluding diaryl/α,β-unsaturated/α-hetero) is 1. The molecule has 2 atom stereocenters. The molecule has 156 valence electrons. The van der Waals surface area contributed by atoms with Gasteiger partial charge in [-0.15, -0.1) is 0 Å². The molecule has 0 amide bonds. The van der Waals surface area contributed by atoms with Gasteiger partial charge in [-0.1, -0.05) is 42.5 Å². The van der Waals surface area contributed by atoms with Crippen molar-refractivity contribution < 1.29 is 29.3 Å². The Morgan fingerprint density at radius 3 is 2.47 bits per heavy atom. The number of allylic oxidation sites excluding steroid dienone is 1. The van der Waals surface area contributed by atoms with Crippen LogP contribution in [0, 0.1) is 0 Å². The van der Waals surface area contributed by atoms with E-state index in [0.29, 0.717) is 11.1 Å². The van der Waals surface area contributed by atoms with E-state index in [4.69, 9.17) is 4.74 Å². The van der Waals surface area contributed by atoms with E-state index in [1.165, 1.54) is 19.3 Å². The predicted molar refractivity (Wildman–Crippen MR) is 115 cm³/mol. The number of methoxy groups -OCH3 is 1. The van der Waals surface area contributed by atoms with Crippen molar-refractivity contribution >= 4 is 33.8 Å². The van der Waals surface area contributed by atoms with Gasteiger partial charge in [-0.25, -0.2) is 4.79 Å². The van der Waals surface area contributed by atoms with Crippen molar-refractivity contribution in [2.24, 2.45) is 0 Å². The Morgan fingerprint density at radius 2 is 1.83 bits per heavy atom. The normalized spacial score (nSPS) is 20.9. The number of esters is 1. The number of aliphatic hydroxyl groups excluding tert-OH is 1. The van der Waals surface area contributed by atoms with Gasteiger partial charge in [0.2, 0.25) is 0 Å². The Kier molecular flexibility index (Phi) is 6.99. The minimum Gasteiger partial charge on any atom is -0.465 e. The second kappa shape index (κ2) is 9.49. The Bertz CT molecular complexity index is 981. The molecule has 2 aromatic rings. The number of rotatable bonds is 7. The van der Waals surface area contributed by atoms with Crippen molar-refractivity contribution in [2.45, 2.75) is 18.3 Å². The van der Waals surface area contributed by atoms with Gasteiger partial charge < -0.3 is 19.7 Å². The number of benzene rings is 2. The fourth-order valence-electron chi connectivity index (χ4n) is 3.09. The molecule has 0 heterocycles. The Balaban J connectivity index is 1.77. The van der Waals surface area contributed by atoms with Crippen LogP contribution in [-0.4, -0.2) is 47.4 Å². The number of ether oxygens (including phenoxy) is 2. The summed E-state index contributed by atoms with van der Waals surface area (Å²) in [7, 11) is 1.29. The summed E-state index contributed by atoms with van der Waals surface area (Å²) >= 11 is 3.14. The maximum absolute atomic E-state index is 12.6. The van der Waals surface area contributed by atoms with Gasteiger partial charge in [-0.3, -0.25) is 4.79 Å². The summed E-state index contributed by atoms with van der Waals surface area (Å²) in [6, 6.07) is 15.8. The van der Waals surface area contributed by atoms with Gasteiger partial charge in [0.1, 0.15) is 11.7 Å². The molecule has 7 heteroatoms. The number of halogens is 1. The van der Waals surface area contributed by atoms with E-state index in [-0.39, 0.29) is 23.3 Å². The van der Waals surface area contributed by atoms with Crippen molar-refractivity contribution in [2.75, 3.05) is 13.7 Å². The van der Waals surface area contributed by atoms with Gasteiger partial charge in [-0.05, 0) is 51.3 Å². The molecular formula is C23H21BrO6. The van der Waals surface area contributed by atoms with E-state index >= 15 is 0 Å². The summed E-state index contributed by atoms with van der Waals surface area (Å²) in [6.45, 7) is 0.0922. The van der Waals surface area contributed by atoms with E-state index < -0.39 is 23.5 Å². The van der Waals surface area contributed by atoms with E-state index in [1.807, 2.05) is 30.3 Å². The van der Waals surface area contributed by atoms with Gasteiger partial charge in [0.05, 0.1) is 30.4 Å². The highest BCUT2D eigenvalue weighted by Crippen LogP contribution is 2.37. The molecule has 2 aromatic carbocycles. The molecule has 1 aliphatic carbocycles. The zero-order chi connectivity index (χ0) is 21.7. The van der Waals surface area contributed by atoms with Crippen LogP contribution in [0.25, 0.3) is 6.08 Å². The van der Waals surface area contributed by atoms with Crippen LogP contribution in [0.1, 0.15) is 21.5 Å². The van der Waals surface area contributed by atoms with E-state index in [2.05, 4.69) is 20.7 Å². The predicted octanol–water partition coefficient (Wildman–Crippen LogP) is 3.03. The molecule has 0 spiro atoms. The van der Waals surface area contributed by atoms with Gasteiger partial charge in [0, 0.05) is 5.57 Å². The fourth-order valence-corrected chi connectivity index (χ4v) is 3.66. The maximum atomic E-state index is 12.6. The van der Waals surface area contributed by atoms with E-state index in [9.17, 15) is 19.8 Å². The molecule has 30 heavy (non-hydrogen) atoms. The van der Waals surface area contributed by atoms with Crippen molar-refractivity contribution in [1.29, 1.82) is 0 Å². The van der Waals surface area contributed by atoms with Crippen molar-refractivity contribution in [1.82, 2.24) is 0 Å². The third-order valence-electron chi connectivity index (χ3n) is 4.78. The monoisotopic (exact) mass is 472 g/mol. The first-order valence-electron chi connectivity index (χ1n) is 9.21. The largest absolute Gasteiger partial charge is 0.465 e. The third kappa shape index (κ3) is 4.76. The van der Waals surface area contributed by atoms with Gasteiger partial charge >= 0.3 is 5.97 Å². The quantitative estimate of drug-likeness (QED) is 0.475. The molecule has 0 unspecified atom stereocenters. The van der Waals surface area contributed by atoms with Gasteiger partial charge in [0.25, 0.3) is 0 Å². The number of carbonyl (C=O) groups is 2. The van der Waals surface area contributed by atoms with Crippen LogP contribution < -0.4 is 0 Å². The molecule has 0 fully saturated rings. The lowest BCUT2D eigenvalue weighted by Crippen LogP contribution is -2.44. The second-order valence-corrected chi connectivity index (χ2v) is 7.69. The first-order chi connectivity index (χ1) is 14.3. The summed E-state index contributed by atoms with van der Waals surface area (Å²) < 4.78 is 10.4. The third-order valence-corrected chi connectivity index (χ3v) is 5.37. The summed E-state index contributed by atoms with van der Waals surface area (Å²) in [5, 5.41) is 21.7. The number of hydrogen-bond acceptors (Lipinski definition) is 6. The van der Waals surface area contributed by atoms with E-state index in [0.717, 1.165) is 5.56 Å². The molecule has 0 aliphatic heterocycles. The zero-order valence-corrected chi connectivity index (χ0v) is 17.8. The minimum atomic E-state index is -1.91. The van der Waals surface area contributed by atoms with Crippen LogP contribution >= 0.6 is 15.9 Å². The highest BCUT2D eigenvalue weighted by atomic mass is 79.9. The van der Waals surface area contributed by atoms with Gasteiger partial charge in [-0.2, -0.15) is 0 Å². The second-order valence-electron chi connectivity index (χ2n) is 6.83. The first kappa shape index (κ1) is 22.1. The lowest BCUT2D eigenvalue weighted by atomic mass is 9.89. The molecule has 0 aromatic heterocycles. The molecule has 1 aliphatic rings. The van der Waals surface area contributed by atoms with Crippen molar-refractivity contribution in [3.8, 4) is 0 Å². The molecule has 0 saturated heterocycles. The topological polar surface area (TPSA) is 93.1 Å². The number of carbonyl (C=O) groups excluding carboxylic acids is 2. The molecule has 2 N–H and O–H groups in total. The molecule has 0 saturated carbocycles. The van der Waals surface area contributed by atoms with Crippen LogP contribution in [0.5, 0.6) is 0 Å². The number of ketones is 1. The molecule has 3 rings (SSSR count). The Morgan fingerprint density at radius 1 is 1.17 bits per heavy atom. The minimum absolute atomic E-state index is 0.0102. The highest BCUT2D eigenvalue weighted by molar-refractivity contribution is 9.12. The molecule has 6 nitrogen and oxygen atoms in total. The number of hydrogen-bond donors (Lipinski definition) is 2. The zero-order valence-electron chi connectivity index (χ0n) is 16.2. The summed E-state index contributed by atoms with van der Waals surface area (Å²) in [4.78, 5) is 24.1. The van der Waals surface area contributed by atoms with Gasteiger partial charge in [0.15, 0.2) is 5.78 Å². The summed E-state index contributed by atoms with van der Waals surface area (Å²) in [5.41, 5.74) is -0.0275. The lowest BCUT2D eigenvalue weighted by Gasteiger charge is -2.28. The molecular weight excluding hydrogens is 452 g/mol. The summed E-state index contributed by atoms with van der Waals surface area (Å²) in [6.07, 6.45) is 1.40. The van der Waals surface area contributed by atoms with E-state index in [1.54, 1.807) is 24.3 Å². The Labute approximate surface area is 182 Å². The molecule has 0 bridgehead atoms. The van der Waals surface area contributed by atoms with Crippen molar-refractivity contribution in [3.05, 3.63) is 87.4 Å². The standard InChI is InChI=1S/C23H21BrO6/c1-29-22(27)17-9-7-15(8-10-17)11-18-21(26)19(24)12-23(18,28)20(25)14-30-13-16-5-3-2-4-6-16/h2-12,20,25,28H,13-14H2,1H3/b18-11+/t20-,23+/m1/s1. The molecule has 0 radical (unpaired) electrons. The Hall–Kier alpha value is -2.58. The highest BCUT2D eigenvalue weighted by Gasteiger charge is 2.46. The first-order valence-corrected chi connectivity index (χ1v) is 10.00. The van der Waals surface area contributed by atoms with Crippen LogP contribution in [0.3, 0.4) is 0 Å². The van der Waals surface area contributed by atoms with Crippen LogP contribution in [-0.2, 0) is 20.9 Å². The summed E-state index contributed by atoms with van der Waals surface area (Å²) in [5.74, 6) is -0.908. The number of aliphatic hydroxyl groups is 2. The average Bonchev–Trinajstić information content (AvgIpc) is 2.98. The van der Waals surface area contributed by atoms with Crippen molar-refractivity contribution in [3.63, 3.8) is 0 Å². The lowest BCUT2D eigenvalue weighted by molar-refractivity contribution is -0.114. The smallest absolute Gasteiger partial charge is 0.337 e. The van der Waals surface area contributed by atoms with Crippen LogP contribution in [0.4, 0.5) is 0 Å². The van der Waals surface area contributed by atoms with Crippen LogP contribution in [0.15, 0.2) is 70.7 Å². The average molecular weight is 473 g/mol.